The second-order valence-corrected chi connectivity index (χ2v) is 4.58. The average Bonchev–Trinajstić information content (AvgIpc) is 2.79. The molecule has 1 aliphatic rings. The summed E-state index contributed by atoms with van der Waals surface area (Å²) < 4.78 is 5.68. The molecule has 2 rings (SSSR count). The number of likely N-dealkylation sites (N-methyl/N-ethyl adjacent to an activating group) is 1. The lowest BCUT2D eigenvalue weighted by atomic mass is 10.2. The summed E-state index contributed by atoms with van der Waals surface area (Å²) in [6, 6.07) is 1.97. The summed E-state index contributed by atoms with van der Waals surface area (Å²) in [6.45, 7) is 6.96. The first-order chi connectivity index (χ1) is 8.20. The van der Waals surface area contributed by atoms with Gasteiger partial charge in [-0.15, -0.1) is 0 Å². The molecular weight excluding hydrogens is 214 g/mol. The smallest absolute Gasteiger partial charge is 0.131 e. The molecule has 0 amide bonds. The lowest BCUT2D eigenvalue weighted by Gasteiger charge is -2.26. The van der Waals surface area contributed by atoms with Gasteiger partial charge in [0.1, 0.15) is 5.82 Å². The predicted molar refractivity (Wildman–Crippen MR) is 70.2 cm³/mol. The van der Waals surface area contributed by atoms with E-state index in [4.69, 9.17) is 10.5 Å². The fourth-order valence-corrected chi connectivity index (χ4v) is 2.32. The van der Waals surface area contributed by atoms with Crippen molar-refractivity contribution >= 4 is 11.5 Å². The van der Waals surface area contributed by atoms with Gasteiger partial charge in [0.2, 0.25) is 0 Å². The molecule has 0 saturated carbocycles. The second kappa shape index (κ2) is 5.36. The number of nitrogen functional groups attached to an aromatic ring is 1. The van der Waals surface area contributed by atoms with Crippen LogP contribution in [0.2, 0.25) is 0 Å². The van der Waals surface area contributed by atoms with Gasteiger partial charge in [-0.3, -0.25) is 0 Å². The molecule has 1 aromatic heterocycles. The molecule has 4 heteroatoms. The van der Waals surface area contributed by atoms with E-state index < -0.39 is 0 Å². The Morgan fingerprint density at radius 3 is 3.00 bits per heavy atom. The summed E-state index contributed by atoms with van der Waals surface area (Å²) in [7, 11) is 0. The lowest BCUT2D eigenvalue weighted by Crippen LogP contribution is -2.33. The number of anilines is 2. The number of pyridine rings is 1. The van der Waals surface area contributed by atoms with E-state index in [0.29, 0.717) is 6.10 Å². The van der Waals surface area contributed by atoms with Crippen LogP contribution in [0.15, 0.2) is 12.3 Å². The number of hydrogen-bond donors (Lipinski definition) is 1. The number of aryl methyl sites for hydroxylation is 1. The molecule has 1 aliphatic heterocycles. The SMILES string of the molecule is CCN(CC1CCCO1)c1ncc(N)cc1C. The number of nitrogens with two attached hydrogens (primary N) is 1. The lowest BCUT2D eigenvalue weighted by molar-refractivity contribution is 0.115. The number of aromatic nitrogens is 1. The zero-order chi connectivity index (χ0) is 12.3. The van der Waals surface area contributed by atoms with Crippen molar-refractivity contribution in [3.05, 3.63) is 17.8 Å². The Kier molecular flexibility index (Phi) is 3.84. The van der Waals surface area contributed by atoms with Gasteiger partial charge >= 0.3 is 0 Å². The Bertz CT molecular complexity index is 375. The van der Waals surface area contributed by atoms with Crippen molar-refractivity contribution in [3.63, 3.8) is 0 Å². The fraction of sp³-hybridized carbons (Fsp3) is 0.615. The van der Waals surface area contributed by atoms with Crippen LogP contribution in [0.25, 0.3) is 0 Å². The number of ether oxygens (including phenoxy) is 1. The molecule has 1 aromatic rings. The summed E-state index contributed by atoms with van der Waals surface area (Å²) in [4.78, 5) is 6.71. The van der Waals surface area contributed by atoms with Gasteiger partial charge in [0, 0.05) is 19.7 Å². The van der Waals surface area contributed by atoms with Crippen LogP contribution in [0.1, 0.15) is 25.3 Å². The van der Waals surface area contributed by atoms with Crippen molar-refractivity contribution in [1.29, 1.82) is 0 Å². The van der Waals surface area contributed by atoms with Crippen LogP contribution in [0.5, 0.6) is 0 Å². The molecule has 1 atom stereocenters. The maximum atomic E-state index is 5.73. The largest absolute Gasteiger partial charge is 0.397 e. The van der Waals surface area contributed by atoms with Gasteiger partial charge in [-0.05, 0) is 38.3 Å². The van der Waals surface area contributed by atoms with Crippen LogP contribution in [0.3, 0.4) is 0 Å². The number of nitrogens with zero attached hydrogens (tertiary/aromatic N) is 2. The molecule has 94 valence electrons. The minimum atomic E-state index is 0.355. The van der Waals surface area contributed by atoms with Gasteiger partial charge < -0.3 is 15.4 Å². The summed E-state index contributed by atoms with van der Waals surface area (Å²) in [5.41, 5.74) is 7.58. The molecule has 4 nitrogen and oxygen atoms in total. The van der Waals surface area contributed by atoms with E-state index in [-0.39, 0.29) is 0 Å². The van der Waals surface area contributed by atoms with Crippen molar-refractivity contribution in [1.82, 2.24) is 4.98 Å². The third kappa shape index (κ3) is 2.88. The average molecular weight is 235 g/mol. The Labute approximate surface area is 103 Å². The standard InChI is InChI=1S/C13H21N3O/c1-3-16(9-12-5-4-6-17-12)13-10(2)7-11(14)8-15-13/h7-8,12H,3-6,9,14H2,1-2H3. The second-order valence-electron chi connectivity index (χ2n) is 4.58. The molecule has 0 aromatic carbocycles. The van der Waals surface area contributed by atoms with Crippen molar-refractivity contribution in [2.75, 3.05) is 30.3 Å². The van der Waals surface area contributed by atoms with E-state index in [0.717, 1.165) is 43.2 Å². The molecule has 1 unspecified atom stereocenters. The molecule has 0 spiro atoms. The molecular formula is C13H21N3O. The molecule has 1 saturated heterocycles. The molecule has 0 aliphatic carbocycles. The van der Waals surface area contributed by atoms with E-state index in [1.54, 1.807) is 6.20 Å². The Balaban J connectivity index is 2.10. The maximum absolute atomic E-state index is 5.73. The first-order valence-electron chi connectivity index (χ1n) is 6.29. The van der Waals surface area contributed by atoms with Crippen LogP contribution in [0, 0.1) is 6.92 Å². The highest BCUT2D eigenvalue weighted by Crippen LogP contribution is 2.21. The monoisotopic (exact) mass is 235 g/mol. The maximum Gasteiger partial charge on any atom is 0.131 e. The Morgan fingerprint density at radius 2 is 2.41 bits per heavy atom. The predicted octanol–water partition coefficient (Wildman–Crippen LogP) is 1.98. The van der Waals surface area contributed by atoms with Gasteiger partial charge in [0.25, 0.3) is 0 Å². The van der Waals surface area contributed by atoms with Gasteiger partial charge in [-0.25, -0.2) is 4.98 Å². The molecule has 0 radical (unpaired) electrons. The van der Waals surface area contributed by atoms with Crippen molar-refractivity contribution in [2.24, 2.45) is 0 Å². The summed E-state index contributed by atoms with van der Waals surface area (Å²) in [5, 5.41) is 0. The molecule has 2 N–H and O–H groups in total. The number of hydrogen-bond acceptors (Lipinski definition) is 4. The minimum Gasteiger partial charge on any atom is -0.397 e. The quantitative estimate of drug-likeness (QED) is 0.867. The molecule has 1 fully saturated rings. The molecule has 17 heavy (non-hydrogen) atoms. The molecule has 0 bridgehead atoms. The van der Waals surface area contributed by atoms with Crippen LogP contribution >= 0.6 is 0 Å². The van der Waals surface area contributed by atoms with E-state index in [1.807, 2.05) is 6.07 Å². The Hall–Kier alpha value is -1.29. The zero-order valence-corrected chi connectivity index (χ0v) is 10.6. The third-order valence-electron chi connectivity index (χ3n) is 3.20. The van der Waals surface area contributed by atoms with E-state index in [1.165, 1.54) is 6.42 Å². The highest BCUT2D eigenvalue weighted by Gasteiger charge is 2.20. The molecule has 2 heterocycles. The van der Waals surface area contributed by atoms with Crippen LogP contribution in [0.4, 0.5) is 11.5 Å². The fourth-order valence-electron chi connectivity index (χ4n) is 2.32. The van der Waals surface area contributed by atoms with Crippen molar-refractivity contribution in [3.8, 4) is 0 Å². The van der Waals surface area contributed by atoms with Crippen molar-refractivity contribution in [2.45, 2.75) is 32.8 Å². The van der Waals surface area contributed by atoms with E-state index >= 15 is 0 Å². The van der Waals surface area contributed by atoms with Gasteiger partial charge in [0.15, 0.2) is 0 Å². The topological polar surface area (TPSA) is 51.4 Å². The highest BCUT2D eigenvalue weighted by atomic mass is 16.5. The normalized spacial score (nSPS) is 19.5. The Morgan fingerprint density at radius 1 is 1.59 bits per heavy atom. The van der Waals surface area contributed by atoms with Crippen LogP contribution in [-0.4, -0.2) is 30.8 Å². The van der Waals surface area contributed by atoms with E-state index in [9.17, 15) is 0 Å². The van der Waals surface area contributed by atoms with Crippen LogP contribution in [-0.2, 0) is 4.74 Å². The van der Waals surface area contributed by atoms with Crippen molar-refractivity contribution < 1.29 is 4.74 Å². The van der Waals surface area contributed by atoms with Gasteiger partial charge in [0.05, 0.1) is 18.0 Å². The van der Waals surface area contributed by atoms with E-state index in [2.05, 4.69) is 23.7 Å². The van der Waals surface area contributed by atoms with Gasteiger partial charge in [-0.2, -0.15) is 0 Å². The first kappa shape index (κ1) is 12.2. The summed E-state index contributed by atoms with van der Waals surface area (Å²) >= 11 is 0. The minimum absolute atomic E-state index is 0.355. The number of rotatable bonds is 4. The first-order valence-corrected chi connectivity index (χ1v) is 6.29. The van der Waals surface area contributed by atoms with Crippen LogP contribution < -0.4 is 10.6 Å². The summed E-state index contributed by atoms with van der Waals surface area (Å²) in [6.07, 6.45) is 4.41. The summed E-state index contributed by atoms with van der Waals surface area (Å²) in [5.74, 6) is 1.03. The van der Waals surface area contributed by atoms with Gasteiger partial charge in [-0.1, -0.05) is 0 Å². The third-order valence-corrected chi connectivity index (χ3v) is 3.20. The zero-order valence-electron chi connectivity index (χ0n) is 10.6. The highest BCUT2D eigenvalue weighted by molar-refractivity contribution is 5.52.